The lowest BCUT2D eigenvalue weighted by Crippen LogP contribution is -2.32. The number of nitrogens with zero attached hydrogens (tertiary/aromatic N) is 2. The Morgan fingerprint density at radius 3 is 2.35 bits per heavy atom. The van der Waals surface area contributed by atoms with E-state index in [2.05, 4.69) is 0 Å². The van der Waals surface area contributed by atoms with Gasteiger partial charge in [-0.2, -0.15) is 5.26 Å². The van der Waals surface area contributed by atoms with Gasteiger partial charge in [0, 0.05) is 11.1 Å². The Labute approximate surface area is 180 Å². The number of aliphatic hydroxyl groups is 1. The van der Waals surface area contributed by atoms with Crippen molar-refractivity contribution in [1.29, 1.82) is 5.26 Å². The zero-order valence-corrected chi connectivity index (χ0v) is 17.8. The zero-order chi connectivity index (χ0) is 22.9. The number of aliphatic hydroxyl groups excluding tert-OH is 1. The molecule has 3 rings (SSSR count). The topological polar surface area (TPSA) is 111 Å². The number of anilines is 1. The first-order chi connectivity index (χ1) is 14.6. The normalized spacial score (nSPS) is 16.4. The predicted octanol–water partition coefficient (Wildman–Crippen LogP) is 4.18. The van der Waals surface area contributed by atoms with Crippen LogP contribution in [0.2, 0.25) is 0 Å². The lowest BCUT2D eigenvalue weighted by Gasteiger charge is -2.29. The standard InChI is InChI=1S/C24H24N2O5/c1-5-31-18-12-15(8-11-17(18)27)20-19(22(29)24(2,3)4)21(28)23(30)26(20)16-9-6-14(13-25)7-10-16/h6-12,20,27-28H,5H2,1-4H3. The van der Waals surface area contributed by atoms with E-state index in [1.807, 2.05) is 6.07 Å². The summed E-state index contributed by atoms with van der Waals surface area (Å²) in [5.74, 6) is -1.56. The minimum absolute atomic E-state index is 0.0185. The van der Waals surface area contributed by atoms with Gasteiger partial charge in [0.15, 0.2) is 23.0 Å². The molecule has 0 saturated heterocycles. The molecule has 0 radical (unpaired) electrons. The lowest BCUT2D eigenvalue weighted by atomic mass is 9.82. The first kappa shape index (κ1) is 21.9. The van der Waals surface area contributed by atoms with Gasteiger partial charge in [-0.3, -0.25) is 14.5 Å². The summed E-state index contributed by atoms with van der Waals surface area (Å²) in [5.41, 5.74) is 0.467. The van der Waals surface area contributed by atoms with Gasteiger partial charge >= 0.3 is 0 Å². The first-order valence-corrected chi connectivity index (χ1v) is 9.87. The smallest absolute Gasteiger partial charge is 0.294 e. The Balaban J connectivity index is 2.22. The van der Waals surface area contributed by atoms with Crippen LogP contribution in [-0.2, 0) is 9.59 Å². The number of carbonyl (C=O) groups is 2. The van der Waals surface area contributed by atoms with E-state index in [1.54, 1.807) is 64.1 Å². The fourth-order valence-corrected chi connectivity index (χ4v) is 3.49. The average molecular weight is 420 g/mol. The van der Waals surface area contributed by atoms with E-state index in [9.17, 15) is 19.8 Å². The molecule has 1 atom stereocenters. The maximum atomic E-state index is 13.2. The lowest BCUT2D eigenvalue weighted by molar-refractivity contribution is -0.123. The van der Waals surface area contributed by atoms with Crippen molar-refractivity contribution in [2.24, 2.45) is 5.41 Å². The molecule has 1 aliphatic heterocycles. The third kappa shape index (κ3) is 3.97. The molecule has 1 unspecified atom stereocenters. The number of ketones is 1. The maximum Gasteiger partial charge on any atom is 0.294 e. The van der Waals surface area contributed by atoms with Crippen LogP contribution in [-0.4, -0.2) is 28.5 Å². The van der Waals surface area contributed by atoms with Crippen molar-refractivity contribution in [3.8, 4) is 17.6 Å². The summed E-state index contributed by atoms with van der Waals surface area (Å²) in [6.07, 6.45) is 0. The molecule has 31 heavy (non-hydrogen) atoms. The Bertz CT molecular complexity index is 1100. The number of hydrogen-bond donors (Lipinski definition) is 2. The molecule has 1 heterocycles. The van der Waals surface area contributed by atoms with E-state index < -0.39 is 23.1 Å². The van der Waals surface area contributed by atoms with Crippen LogP contribution in [0.25, 0.3) is 0 Å². The van der Waals surface area contributed by atoms with Crippen LogP contribution in [0.1, 0.15) is 44.9 Å². The molecule has 1 aliphatic rings. The van der Waals surface area contributed by atoms with Gasteiger partial charge in [0.25, 0.3) is 5.91 Å². The fraction of sp³-hybridized carbons (Fsp3) is 0.292. The fourth-order valence-electron chi connectivity index (χ4n) is 3.49. The molecule has 0 bridgehead atoms. The first-order valence-electron chi connectivity index (χ1n) is 9.87. The van der Waals surface area contributed by atoms with E-state index in [4.69, 9.17) is 10.00 Å². The molecule has 2 aromatic rings. The van der Waals surface area contributed by atoms with E-state index >= 15 is 0 Å². The van der Waals surface area contributed by atoms with Crippen molar-refractivity contribution in [1.82, 2.24) is 0 Å². The molecular weight excluding hydrogens is 396 g/mol. The Kier molecular flexibility index (Phi) is 5.76. The van der Waals surface area contributed by atoms with E-state index in [0.29, 0.717) is 23.4 Å². The number of ether oxygens (including phenoxy) is 1. The van der Waals surface area contributed by atoms with Crippen LogP contribution in [0.15, 0.2) is 53.8 Å². The number of aromatic hydroxyl groups is 1. The van der Waals surface area contributed by atoms with E-state index in [1.165, 1.54) is 11.0 Å². The molecule has 2 aromatic carbocycles. The number of carbonyl (C=O) groups excluding carboxylic acids is 2. The zero-order valence-electron chi connectivity index (χ0n) is 17.8. The van der Waals surface area contributed by atoms with E-state index in [-0.39, 0.29) is 22.9 Å². The number of phenols is 1. The van der Waals surface area contributed by atoms with Crippen LogP contribution >= 0.6 is 0 Å². The molecule has 0 spiro atoms. The van der Waals surface area contributed by atoms with Crippen molar-refractivity contribution in [3.63, 3.8) is 0 Å². The Hall–Kier alpha value is -3.79. The number of rotatable bonds is 5. The number of nitriles is 1. The highest BCUT2D eigenvalue weighted by Gasteiger charge is 2.46. The maximum absolute atomic E-state index is 13.2. The SMILES string of the molecule is CCOc1cc(C2C(C(=O)C(C)(C)C)=C(O)C(=O)N2c2ccc(C#N)cc2)ccc1O. The van der Waals surface area contributed by atoms with Crippen molar-refractivity contribution < 1.29 is 24.5 Å². The second kappa shape index (κ2) is 8.15. The van der Waals surface area contributed by atoms with Crippen molar-refractivity contribution >= 4 is 17.4 Å². The van der Waals surface area contributed by atoms with Crippen LogP contribution in [0.5, 0.6) is 11.5 Å². The highest BCUT2D eigenvalue weighted by molar-refractivity contribution is 6.17. The molecule has 1 amide bonds. The van der Waals surface area contributed by atoms with Crippen LogP contribution in [0.4, 0.5) is 5.69 Å². The quantitative estimate of drug-likeness (QED) is 0.751. The molecule has 160 valence electrons. The number of phenolic OH excluding ortho intramolecular Hbond substituents is 1. The number of amides is 1. The summed E-state index contributed by atoms with van der Waals surface area (Å²) < 4.78 is 5.47. The molecule has 0 saturated carbocycles. The van der Waals surface area contributed by atoms with Gasteiger partial charge < -0.3 is 14.9 Å². The summed E-state index contributed by atoms with van der Waals surface area (Å²) in [6.45, 7) is 7.22. The highest BCUT2D eigenvalue weighted by atomic mass is 16.5. The van der Waals surface area contributed by atoms with E-state index in [0.717, 1.165) is 0 Å². The van der Waals surface area contributed by atoms with Crippen molar-refractivity contribution in [3.05, 3.63) is 64.9 Å². The Morgan fingerprint density at radius 2 is 1.81 bits per heavy atom. The summed E-state index contributed by atoms with van der Waals surface area (Å²) in [7, 11) is 0. The van der Waals surface area contributed by atoms with Crippen molar-refractivity contribution in [2.75, 3.05) is 11.5 Å². The summed E-state index contributed by atoms with van der Waals surface area (Å²) in [4.78, 5) is 27.6. The molecule has 0 aromatic heterocycles. The molecular formula is C24H24N2O5. The van der Waals surface area contributed by atoms with Gasteiger partial charge in [-0.05, 0) is 48.9 Å². The summed E-state index contributed by atoms with van der Waals surface area (Å²) in [5, 5.41) is 29.9. The van der Waals surface area contributed by atoms with Crippen molar-refractivity contribution in [2.45, 2.75) is 33.7 Å². The summed E-state index contributed by atoms with van der Waals surface area (Å²) in [6, 6.07) is 12.0. The second-order valence-electron chi connectivity index (χ2n) is 8.24. The number of hydrogen-bond acceptors (Lipinski definition) is 6. The van der Waals surface area contributed by atoms with Gasteiger partial charge in [-0.1, -0.05) is 26.8 Å². The molecule has 0 fully saturated rings. The number of Topliss-reactive ketones (excluding diaryl/α,β-unsaturated/α-hetero) is 1. The molecule has 7 nitrogen and oxygen atoms in total. The van der Waals surface area contributed by atoms with Gasteiger partial charge in [0.05, 0.1) is 29.9 Å². The summed E-state index contributed by atoms with van der Waals surface area (Å²) >= 11 is 0. The Morgan fingerprint density at radius 1 is 1.16 bits per heavy atom. The third-order valence-corrected chi connectivity index (χ3v) is 5.01. The highest BCUT2D eigenvalue weighted by Crippen LogP contribution is 2.45. The van der Waals surface area contributed by atoms with Gasteiger partial charge in [0.1, 0.15) is 0 Å². The molecule has 0 aliphatic carbocycles. The molecule has 2 N–H and O–H groups in total. The molecule has 7 heteroatoms. The average Bonchev–Trinajstić information content (AvgIpc) is 2.99. The minimum atomic E-state index is -0.924. The third-order valence-electron chi connectivity index (χ3n) is 5.01. The second-order valence-corrected chi connectivity index (χ2v) is 8.24. The number of benzene rings is 2. The van der Waals surface area contributed by atoms with Crippen LogP contribution in [0.3, 0.4) is 0 Å². The predicted molar refractivity (Wildman–Crippen MR) is 115 cm³/mol. The monoisotopic (exact) mass is 420 g/mol. The minimum Gasteiger partial charge on any atom is -0.504 e. The van der Waals surface area contributed by atoms with Gasteiger partial charge in [0.2, 0.25) is 0 Å². The van der Waals surface area contributed by atoms with Crippen LogP contribution < -0.4 is 9.64 Å². The van der Waals surface area contributed by atoms with Crippen LogP contribution in [0, 0.1) is 16.7 Å². The van der Waals surface area contributed by atoms with Gasteiger partial charge in [-0.15, -0.1) is 0 Å². The largest absolute Gasteiger partial charge is 0.504 e. The van der Waals surface area contributed by atoms with Gasteiger partial charge in [-0.25, -0.2) is 0 Å².